The van der Waals surface area contributed by atoms with E-state index < -0.39 is 60.7 Å². The fourth-order valence-corrected chi connectivity index (χ4v) is 3.95. The van der Waals surface area contributed by atoms with Gasteiger partial charge in [0.1, 0.15) is 19.6 Å². The zero-order chi connectivity index (χ0) is 32.6. The van der Waals surface area contributed by atoms with Crippen molar-refractivity contribution in [3.05, 3.63) is 0 Å². The number of hydrogen-bond acceptors (Lipinski definition) is 11. The number of carbonyl (C=O) groups excluding carboxylic acids is 4. The van der Waals surface area contributed by atoms with Crippen LogP contribution < -0.4 is 16.0 Å². The number of carboxylic acids is 3. The molecule has 17 heteroatoms. The molecule has 0 unspecified atom stereocenters. The van der Waals surface area contributed by atoms with Gasteiger partial charge in [-0.05, 0) is 0 Å². The maximum Gasteiger partial charge on any atom is 0.322 e. The minimum absolute atomic E-state index is 0.00496. The van der Waals surface area contributed by atoms with Crippen molar-refractivity contribution in [2.45, 2.75) is 20.8 Å². The third-order valence-electron chi connectivity index (χ3n) is 6.55. The van der Waals surface area contributed by atoms with Crippen LogP contribution >= 0.6 is 0 Å². The molecule has 0 aromatic rings. The monoisotopic (exact) mass is 615 g/mol. The predicted octanol–water partition coefficient (Wildman–Crippen LogP) is -3.57. The number of rotatable bonds is 14. The van der Waals surface area contributed by atoms with Crippen LogP contribution in [0.15, 0.2) is 0 Å². The third kappa shape index (κ3) is 17.8. The van der Waals surface area contributed by atoms with Gasteiger partial charge in [-0.2, -0.15) is 0 Å². The molecule has 0 aromatic carbocycles. The highest BCUT2D eigenvalue weighted by Crippen LogP contribution is 2.15. The van der Waals surface area contributed by atoms with E-state index in [0.717, 1.165) is 0 Å². The SMILES string of the molecule is CC(C)(C)C(=O)CN1CCN(CC(=O)NCC(=O)O)CCN(CC(=O)NCC(=O)O)CCN(CC(=O)NCC(=O)O)CC1. The van der Waals surface area contributed by atoms with Crippen molar-refractivity contribution < 1.29 is 48.9 Å². The Labute approximate surface area is 250 Å². The smallest absolute Gasteiger partial charge is 0.322 e. The first kappa shape index (κ1) is 37.4. The van der Waals surface area contributed by atoms with Crippen molar-refractivity contribution in [2.24, 2.45) is 5.41 Å². The molecule has 0 aliphatic carbocycles. The molecule has 1 saturated heterocycles. The largest absolute Gasteiger partial charge is 0.480 e. The van der Waals surface area contributed by atoms with Crippen LogP contribution in [0.4, 0.5) is 0 Å². The van der Waals surface area contributed by atoms with E-state index in [2.05, 4.69) is 16.0 Å². The highest BCUT2D eigenvalue weighted by molar-refractivity contribution is 5.85. The van der Waals surface area contributed by atoms with Crippen molar-refractivity contribution in [3.8, 4) is 0 Å². The number of nitrogens with one attached hydrogen (secondary N) is 3. The number of amides is 3. The first-order valence-corrected chi connectivity index (χ1v) is 13.9. The van der Waals surface area contributed by atoms with E-state index in [1.165, 1.54) is 0 Å². The molecule has 3 amide bonds. The van der Waals surface area contributed by atoms with Gasteiger partial charge in [0.15, 0.2) is 5.78 Å². The Morgan fingerprint density at radius 1 is 0.488 bits per heavy atom. The van der Waals surface area contributed by atoms with Gasteiger partial charge in [0.25, 0.3) is 0 Å². The van der Waals surface area contributed by atoms with Crippen molar-refractivity contribution in [3.63, 3.8) is 0 Å². The Morgan fingerprint density at radius 2 is 0.721 bits per heavy atom. The Hall–Kier alpha value is -3.67. The normalized spacial score (nSPS) is 16.7. The molecule has 1 fully saturated rings. The first-order valence-electron chi connectivity index (χ1n) is 13.9. The summed E-state index contributed by atoms with van der Waals surface area (Å²) in [6.45, 7) is 6.03. The van der Waals surface area contributed by atoms with E-state index in [1.807, 2.05) is 25.7 Å². The van der Waals surface area contributed by atoms with E-state index in [1.54, 1.807) is 14.7 Å². The molecule has 0 bridgehead atoms. The molecule has 0 radical (unpaired) electrons. The molecule has 17 nitrogen and oxygen atoms in total. The van der Waals surface area contributed by atoms with Crippen LogP contribution in [-0.2, 0) is 33.6 Å². The molecule has 1 aliphatic heterocycles. The zero-order valence-corrected chi connectivity index (χ0v) is 25.1. The predicted molar refractivity (Wildman–Crippen MR) is 152 cm³/mol. The lowest BCUT2D eigenvalue weighted by atomic mass is 9.90. The first-order chi connectivity index (χ1) is 20.0. The van der Waals surface area contributed by atoms with E-state index in [4.69, 9.17) is 15.3 Å². The number of carboxylic acid groups (broad SMARTS) is 3. The Kier molecular flexibility index (Phi) is 16.3. The molecule has 0 spiro atoms. The van der Waals surface area contributed by atoms with Gasteiger partial charge in [-0.25, -0.2) is 0 Å². The van der Waals surface area contributed by atoms with Crippen molar-refractivity contribution in [1.82, 2.24) is 35.6 Å². The van der Waals surface area contributed by atoms with Crippen LogP contribution in [0, 0.1) is 5.41 Å². The molecule has 43 heavy (non-hydrogen) atoms. The van der Waals surface area contributed by atoms with Crippen molar-refractivity contribution in [2.75, 3.05) is 98.2 Å². The van der Waals surface area contributed by atoms with E-state index >= 15 is 0 Å². The second-order valence-corrected chi connectivity index (χ2v) is 11.3. The summed E-state index contributed by atoms with van der Waals surface area (Å²) in [5.41, 5.74) is -0.599. The zero-order valence-electron chi connectivity index (χ0n) is 25.1. The molecule has 0 aromatic heterocycles. The lowest BCUT2D eigenvalue weighted by Crippen LogP contribution is -2.51. The number of carbonyl (C=O) groups is 7. The van der Waals surface area contributed by atoms with E-state index in [9.17, 15) is 33.6 Å². The van der Waals surface area contributed by atoms with Crippen LogP contribution in [-0.4, -0.2) is 175 Å². The molecule has 6 N–H and O–H groups in total. The molecule has 244 valence electrons. The molecule has 0 saturated carbocycles. The van der Waals surface area contributed by atoms with Crippen molar-refractivity contribution >= 4 is 41.4 Å². The molecular weight excluding hydrogens is 570 g/mol. The van der Waals surface area contributed by atoms with Crippen LogP contribution in [0.25, 0.3) is 0 Å². The molecule has 1 heterocycles. The van der Waals surface area contributed by atoms with Gasteiger partial charge in [0.05, 0.1) is 26.2 Å². The van der Waals surface area contributed by atoms with Gasteiger partial charge in [-0.15, -0.1) is 0 Å². The number of aliphatic carboxylic acids is 3. The Balaban J connectivity index is 3.16. The lowest BCUT2D eigenvalue weighted by Gasteiger charge is -2.34. The minimum atomic E-state index is -1.20. The summed E-state index contributed by atoms with van der Waals surface area (Å²) in [7, 11) is 0. The van der Waals surface area contributed by atoms with Gasteiger partial charge >= 0.3 is 17.9 Å². The van der Waals surface area contributed by atoms with Gasteiger partial charge in [-0.3, -0.25) is 53.2 Å². The van der Waals surface area contributed by atoms with E-state index in [-0.39, 0.29) is 58.1 Å². The average Bonchev–Trinajstić information content (AvgIpc) is 2.90. The molecule has 1 rings (SSSR count). The molecular formula is C26H45N7O10. The van der Waals surface area contributed by atoms with Gasteiger partial charge in [-0.1, -0.05) is 20.8 Å². The Morgan fingerprint density at radius 3 is 0.930 bits per heavy atom. The van der Waals surface area contributed by atoms with Crippen molar-refractivity contribution in [1.29, 1.82) is 0 Å². The number of hydrogen-bond donors (Lipinski definition) is 6. The van der Waals surface area contributed by atoms with E-state index in [0.29, 0.717) is 26.2 Å². The third-order valence-corrected chi connectivity index (χ3v) is 6.55. The lowest BCUT2D eigenvalue weighted by molar-refractivity contribution is -0.138. The summed E-state index contributed by atoms with van der Waals surface area (Å²) in [6, 6.07) is 0. The summed E-state index contributed by atoms with van der Waals surface area (Å²) >= 11 is 0. The highest BCUT2D eigenvalue weighted by Gasteiger charge is 2.26. The number of ketones is 1. The maximum absolute atomic E-state index is 12.9. The molecule has 0 atom stereocenters. The quantitative estimate of drug-likeness (QED) is 0.111. The highest BCUT2D eigenvalue weighted by atomic mass is 16.4. The summed E-state index contributed by atoms with van der Waals surface area (Å²) < 4.78 is 0. The average molecular weight is 616 g/mol. The summed E-state index contributed by atoms with van der Waals surface area (Å²) in [5, 5.41) is 33.6. The fraction of sp³-hybridized carbons (Fsp3) is 0.731. The second kappa shape index (κ2) is 18.8. The van der Waals surface area contributed by atoms with Crippen LogP contribution in [0.1, 0.15) is 20.8 Å². The second-order valence-electron chi connectivity index (χ2n) is 11.3. The minimum Gasteiger partial charge on any atom is -0.480 e. The van der Waals surface area contributed by atoms with Gasteiger partial charge < -0.3 is 31.3 Å². The van der Waals surface area contributed by atoms with Crippen LogP contribution in [0.3, 0.4) is 0 Å². The van der Waals surface area contributed by atoms with Crippen LogP contribution in [0.2, 0.25) is 0 Å². The maximum atomic E-state index is 12.9. The van der Waals surface area contributed by atoms with Gasteiger partial charge in [0, 0.05) is 57.8 Å². The fourth-order valence-electron chi connectivity index (χ4n) is 3.95. The molecule has 1 aliphatic rings. The van der Waals surface area contributed by atoms with Crippen LogP contribution in [0.5, 0.6) is 0 Å². The summed E-state index contributed by atoms with van der Waals surface area (Å²) in [5.74, 6) is -5.12. The summed E-state index contributed by atoms with van der Waals surface area (Å²) in [6.07, 6.45) is 0. The Bertz CT molecular complexity index is 953. The topological polar surface area (TPSA) is 229 Å². The number of nitrogens with zero attached hydrogens (tertiary/aromatic N) is 4. The summed E-state index contributed by atoms with van der Waals surface area (Å²) in [4.78, 5) is 90.0. The number of Topliss-reactive ketones (excluding diaryl/α,β-unsaturated/α-hetero) is 1. The van der Waals surface area contributed by atoms with Gasteiger partial charge in [0.2, 0.25) is 17.7 Å². The standard InChI is InChI=1S/C26H45N7O10/c1-26(2,3)19(34)15-30-4-6-31(16-20(35)27-12-23(38)39)8-10-33(18-22(37)29-14-25(42)43)11-9-32(7-5-30)17-21(36)28-13-24(40)41/h4-18H2,1-3H3,(H,27,35)(H,28,36)(H,29,37)(H,38,39)(H,40,41)(H,42,43).